The van der Waals surface area contributed by atoms with Crippen molar-refractivity contribution in [2.75, 3.05) is 5.32 Å². The van der Waals surface area contributed by atoms with Gasteiger partial charge in [-0.25, -0.2) is 14.3 Å². The molecule has 0 radical (unpaired) electrons. The van der Waals surface area contributed by atoms with Crippen LogP contribution in [-0.4, -0.2) is 48.3 Å². The monoisotopic (exact) mass is 291 g/mol. The van der Waals surface area contributed by atoms with E-state index >= 15 is 0 Å². The number of carbonyl (C=O) groups excluding carboxylic acids is 1. The van der Waals surface area contributed by atoms with Crippen molar-refractivity contribution in [2.45, 2.75) is 6.54 Å². The first-order chi connectivity index (χ1) is 9.95. The third-order valence-electron chi connectivity index (χ3n) is 2.41. The molecule has 0 aliphatic carbocycles. The molecule has 3 N–H and O–H groups in total. The molecule has 0 aliphatic heterocycles. The van der Waals surface area contributed by atoms with Gasteiger partial charge in [-0.2, -0.15) is 0 Å². The van der Waals surface area contributed by atoms with Gasteiger partial charge in [0.05, 0.1) is 11.1 Å². The summed E-state index contributed by atoms with van der Waals surface area (Å²) in [4.78, 5) is 33.6. The third kappa shape index (κ3) is 3.59. The van der Waals surface area contributed by atoms with Crippen LogP contribution in [0.1, 0.15) is 20.7 Å². The highest BCUT2D eigenvalue weighted by molar-refractivity contribution is 5.98. The molecule has 0 bridgehead atoms. The number of carboxylic acid groups (broad SMARTS) is 2. The fourth-order valence-corrected chi connectivity index (χ4v) is 1.55. The number of nitrogens with zero attached hydrogens (tertiary/aromatic N) is 4. The minimum atomic E-state index is -1.30. The molecule has 1 amide bonds. The number of tetrazole rings is 1. The predicted octanol–water partition coefficient (Wildman–Crippen LogP) is -0.292. The molecule has 21 heavy (non-hydrogen) atoms. The van der Waals surface area contributed by atoms with Crippen molar-refractivity contribution >= 4 is 23.5 Å². The largest absolute Gasteiger partial charge is 0.478 e. The lowest BCUT2D eigenvalue weighted by Crippen LogP contribution is -2.19. The first-order valence-electron chi connectivity index (χ1n) is 5.58. The van der Waals surface area contributed by atoms with E-state index in [1.54, 1.807) is 0 Å². The number of benzene rings is 1. The van der Waals surface area contributed by atoms with Crippen LogP contribution in [0, 0.1) is 0 Å². The number of nitrogens with one attached hydrogen (secondary N) is 1. The summed E-state index contributed by atoms with van der Waals surface area (Å²) in [6.45, 7) is -0.188. The molecule has 0 saturated heterocycles. The first-order valence-corrected chi connectivity index (χ1v) is 5.58. The minimum absolute atomic E-state index is 0.0605. The lowest BCUT2D eigenvalue weighted by atomic mass is 10.1. The highest BCUT2D eigenvalue weighted by Crippen LogP contribution is 2.15. The summed E-state index contributed by atoms with van der Waals surface area (Å²) in [5.41, 5.74) is -0.425. The van der Waals surface area contributed by atoms with Crippen molar-refractivity contribution in [1.29, 1.82) is 0 Å². The van der Waals surface area contributed by atoms with Crippen LogP contribution in [0.25, 0.3) is 0 Å². The molecule has 1 aromatic carbocycles. The predicted molar refractivity (Wildman–Crippen MR) is 66.8 cm³/mol. The summed E-state index contributed by atoms with van der Waals surface area (Å²) in [6, 6.07) is 3.32. The van der Waals surface area contributed by atoms with E-state index in [1.165, 1.54) is 6.33 Å². The number of aromatic nitrogens is 4. The van der Waals surface area contributed by atoms with Crippen LogP contribution in [0.2, 0.25) is 0 Å². The topological polar surface area (TPSA) is 147 Å². The molecule has 1 aromatic heterocycles. The zero-order valence-corrected chi connectivity index (χ0v) is 10.4. The van der Waals surface area contributed by atoms with Gasteiger partial charge < -0.3 is 15.5 Å². The van der Waals surface area contributed by atoms with Gasteiger partial charge in [0, 0.05) is 5.69 Å². The fourth-order valence-electron chi connectivity index (χ4n) is 1.55. The normalized spacial score (nSPS) is 10.1. The molecule has 0 aliphatic rings. The Morgan fingerprint density at radius 2 is 1.71 bits per heavy atom. The number of aromatic carboxylic acids is 2. The van der Waals surface area contributed by atoms with E-state index in [1.807, 2.05) is 0 Å². The van der Waals surface area contributed by atoms with Gasteiger partial charge in [-0.15, -0.1) is 5.10 Å². The second kappa shape index (κ2) is 5.77. The molecule has 0 fully saturated rings. The van der Waals surface area contributed by atoms with Gasteiger partial charge in [0.2, 0.25) is 5.91 Å². The van der Waals surface area contributed by atoms with E-state index in [0.29, 0.717) is 0 Å². The number of carboxylic acids is 2. The van der Waals surface area contributed by atoms with E-state index in [4.69, 9.17) is 10.2 Å². The number of amides is 1. The van der Waals surface area contributed by atoms with Crippen molar-refractivity contribution in [1.82, 2.24) is 20.2 Å². The Morgan fingerprint density at radius 1 is 1.10 bits per heavy atom. The van der Waals surface area contributed by atoms with Crippen molar-refractivity contribution in [3.63, 3.8) is 0 Å². The summed E-state index contributed by atoms with van der Waals surface area (Å²) >= 11 is 0. The number of rotatable bonds is 5. The maximum absolute atomic E-state index is 11.7. The smallest absolute Gasteiger partial charge is 0.335 e. The number of carbonyl (C=O) groups is 3. The van der Waals surface area contributed by atoms with Gasteiger partial charge in [-0.05, 0) is 28.6 Å². The van der Waals surface area contributed by atoms with Gasteiger partial charge in [-0.3, -0.25) is 4.79 Å². The second-order valence-electron chi connectivity index (χ2n) is 3.96. The van der Waals surface area contributed by atoms with Crippen LogP contribution in [0.15, 0.2) is 24.5 Å². The molecule has 0 saturated carbocycles. The average Bonchev–Trinajstić information content (AvgIpc) is 2.90. The Morgan fingerprint density at radius 3 is 2.19 bits per heavy atom. The van der Waals surface area contributed by atoms with Crippen molar-refractivity contribution in [3.8, 4) is 0 Å². The summed E-state index contributed by atoms with van der Waals surface area (Å²) < 4.78 is 1.16. The van der Waals surface area contributed by atoms with Crippen LogP contribution >= 0.6 is 0 Å². The molecule has 2 aromatic rings. The highest BCUT2D eigenvalue weighted by atomic mass is 16.4. The number of anilines is 1. The Kier molecular flexibility index (Phi) is 3.88. The molecule has 108 valence electrons. The van der Waals surface area contributed by atoms with Crippen LogP contribution in [0.4, 0.5) is 5.69 Å². The molecule has 1 heterocycles. The van der Waals surface area contributed by atoms with Crippen molar-refractivity contribution in [2.24, 2.45) is 0 Å². The Balaban J connectivity index is 2.20. The molecule has 2 rings (SSSR count). The van der Waals surface area contributed by atoms with E-state index in [2.05, 4.69) is 20.8 Å². The molecule has 10 heteroatoms. The second-order valence-corrected chi connectivity index (χ2v) is 3.96. The van der Waals surface area contributed by atoms with E-state index in [0.717, 1.165) is 22.9 Å². The van der Waals surface area contributed by atoms with Crippen LogP contribution < -0.4 is 5.32 Å². The van der Waals surface area contributed by atoms with Gasteiger partial charge in [0.15, 0.2) is 0 Å². The quantitative estimate of drug-likeness (QED) is 0.680. The molecular formula is C11H9N5O5. The van der Waals surface area contributed by atoms with Gasteiger partial charge in [-0.1, -0.05) is 0 Å². The van der Waals surface area contributed by atoms with E-state index in [9.17, 15) is 14.4 Å². The number of hydrogen-bond acceptors (Lipinski definition) is 6. The van der Waals surface area contributed by atoms with Crippen molar-refractivity contribution in [3.05, 3.63) is 35.7 Å². The maximum Gasteiger partial charge on any atom is 0.335 e. The molecule has 0 spiro atoms. The first kappa shape index (κ1) is 14.1. The molecule has 0 unspecified atom stereocenters. The standard InChI is InChI=1S/C11H9N5O5/c17-9(4-16-5-12-14-15-16)13-8-2-6(10(18)19)1-7(3-8)11(20)21/h1-3,5H,4H2,(H,13,17)(H,18,19)(H,20,21). The van der Waals surface area contributed by atoms with Crippen LogP contribution in [0.3, 0.4) is 0 Å². The Bertz CT molecular complexity index is 665. The molecule has 10 nitrogen and oxygen atoms in total. The summed E-state index contributed by atoms with van der Waals surface area (Å²) in [5.74, 6) is -3.12. The van der Waals surface area contributed by atoms with Crippen LogP contribution in [0.5, 0.6) is 0 Å². The summed E-state index contributed by atoms with van der Waals surface area (Å²) in [7, 11) is 0. The van der Waals surface area contributed by atoms with Gasteiger partial charge >= 0.3 is 11.9 Å². The Labute approximate surface area is 117 Å². The third-order valence-corrected chi connectivity index (χ3v) is 2.41. The SMILES string of the molecule is O=C(Cn1cnnn1)Nc1cc(C(=O)O)cc(C(=O)O)c1. The van der Waals surface area contributed by atoms with Gasteiger partial charge in [0.1, 0.15) is 12.9 Å². The minimum Gasteiger partial charge on any atom is -0.478 e. The summed E-state index contributed by atoms with van der Waals surface area (Å²) in [5, 5.41) is 30.4. The fraction of sp³-hybridized carbons (Fsp3) is 0.0909. The maximum atomic E-state index is 11.7. The lowest BCUT2D eigenvalue weighted by Gasteiger charge is -2.07. The lowest BCUT2D eigenvalue weighted by molar-refractivity contribution is -0.116. The van der Waals surface area contributed by atoms with E-state index in [-0.39, 0.29) is 23.4 Å². The zero-order valence-electron chi connectivity index (χ0n) is 10.4. The van der Waals surface area contributed by atoms with Crippen LogP contribution in [-0.2, 0) is 11.3 Å². The highest BCUT2D eigenvalue weighted by Gasteiger charge is 2.13. The molecular weight excluding hydrogens is 282 g/mol. The average molecular weight is 291 g/mol. The number of hydrogen-bond donors (Lipinski definition) is 3. The summed E-state index contributed by atoms with van der Waals surface area (Å²) in [6.07, 6.45) is 1.23. The molecule has 0 atom stereocenters. The Hall–Kier alpha value is -3.30. The van der Waals surface area contributed by atoms with E-state index < -0.39 is 17.8 Å². The van der Waals surface area contributed by atoms with Crippen molar-refractivity contribution < 1.29 is 24.6 Å². The van der Waals surface area contributed by atoms with Gasteiger partial charge in [0.25, 0.3) is 0 Å². The zero-order chi connectivity index (χ0) is 15.4.